The van der Waals surface area contributed by atoms with Gasteiger partial charge in [0.15, 0.2) is 0 Å². The molecule has 10 nitrogen and oxygen atoms in total. The first-order valence-electron chi connectivity index (χ1n) is 18.9. The SMILES string of the molecule is C.C.CC(C)(COC(=O)C1CC=CCC1)COC(=O)C1CC=CCC1.CC(C)(COC(=O)C1CCC2(C)OC2C1)COC(=O)C1CCC2(C)OC2C1. The number of esters is 4. The van der Waals surface area contributed by atoms with E-state index in [1.807, 2.05) is 39.8 Å². The highest BCUT2D eigenvalue weighted by atomic mass is 16.6. The van der Waals surface area contributed by atoms with Crippen LogP contribution in [0.15, 0.2) is 24.3 Å². The van der Waals surface area contributed by atoms with Crippen LogP contribution in [0.2, 0.25) is 0 Å². The Balaban J connectivity index is 0.000000274. The molecule has 52 heavy (non-hydrogen) atoms. The van der Waals surface area contributed by atoms with Crippen LogP contribution in [-0.4, -0.2) is 73.7 Å². The minimum atomic E-state index is -0.399. The van der Waals surface area contributed by atoms with Crippen molar-refractivity contribution in [1.82, 2.24) is 0 Å². The van der Waals surface area contributed by atoms with Crippen molar-refractivity contribution in [3.8, 4) is 0 Å². The highest BCUT2D eigenvalue weighted by Gasteiger charge is 2.57. The molecule has 0 aromatic rings. The van der Waals surface area contributed by atoms with E-state index >= 15 is 0 Å². The highest BCUT2D eigenvalue weighted by molar-refractivity contribution is 5.74. The molecule has 0 N–H and O–H groups in total. The quantitative estimate of drug-likeness (QED) is 0.0840. The Morgan fingerprint density at radius 2 is 0.885 bits per heavy atom. The summed E-state index contributed by atoms with van der Waals surface area (Å²) in [5, 5.41) is 0. The van der Waals surface area contributed by atoms with Crippen LogP contribution >= 0.6 is 0 Å². The number of allylic oxidation sites excluding steroid dienone is 4. The standard InChI is InChI=1S/C21H32O6.C19H28O4.2CH4/c1-19(2,11-24-17(22)13-5-7-20(3)15(9-13)26-20)12-25-18(23)14-6-8-21(4)16(10-14)27-21;1-19(2,13-22-17(20)15-9-5-3-6-10-15)14-23-18(21)16-11-7-4-8-12-16;;/h13-16H,5-12H2,1-4H3;3-5,7,15-16H,6,8-14H2,1-2H3;2*1H4. The fourth-order valence-corrected chi connectivity index (χ4v) is 7.35. The zero-order valence-corrected chi connectivity index (χ0v) is 31.2. The Bertz CT molecular complexity index is 1210. The van der Waals surface area contributed by atoms with Crippen molar-refractivity contribution in [1.29, 1.82) is 0 Å². The van der Waals surface area contributed by atoms with Crippen molar-refractivity contribution in [2.45, 2.75) is 157 Å². The van der Waals surface area contributed by atoms with Gasteiger partial charge in [-0.3, -0.25) is 19.2 Å². The summed E-state index contributed by atoms with van der Waals surface area (Å²) < 4.78 is 33.3. The molecule has 10 heteroatoms. The highest BCUT2D eigenvalue weighted by Crippen LogP contribution is 2.50. The number of fused-ring (bicyclic) bond motifs is 2. The Morgan fingerprint density at radius 1 is 0.558 bits per heavy atom. The van der Waals surface area contributed by atoms with Crippen molar-refractivity contribution in [2.75, 3.05) is 26.4 Å². The maximum Gasteiger partial charge on any atom is 0.309 e. The molecule has 4 fully saturated rings. The summed E-state index contributed by atoms with van der Waals surface area (Å²) in [4.78, 5) is 48.9. The summed E-state index contributed by atoms with van der Waals surface area (Å²) in [5.41, 5.74) is -0.747. The molecular weight excluding hydrogens is 664 g/mol. The molecule has 0 radical (unpaired) electrons. The Morgan fingerprint density at radius 3 is 1.17 bits per heavy atom. The van der Waals surface area contributed by atoms with Gasteiger partial charge in [-0.05, 0) is 90.9 Å². The summed E-state index contributed by atoms with van der Waals surface area (Å²) in [6, 6.07) is 0. The number of hydrogen-bond donors (Lipinski definition) is 0. The lowest BCUT2D eigenvalue weighted by atomic mass is 9.83. The topological polar surface area (TPSA) is 130 Å². The lowest BCUT2D eigenvalue weighted by molar-refractivity contribution is -0.160. The van der Waals surface area contributed by atoms with E-state index in [1.165, 1.54) is 0 Å². The maximum absolute atomic E-state index is 12.4. The van der Waals surface area contributed by atoms with E-state index in [1.54, 1.807) is 0 Å². The molecule has 0 aromatic heterocycles. The lowest BCUT2D eigenvalue weighted by Crippen LogP contribution is -2.34. The fraction of sp³-hybridized carbons (Fsp3) is 0.810. The van der Waals surface area contributed by atoms with Gasteiger partial charge >= 0.3 is 23.9 Å². The first-order chi connectivity index (χ1) is 23.6. The number of carbonyl (C=O) groups excluding carboxylic acids is 4. The van der Waals surface area contributed by atoms with Gasteiger partial charge in [0.25, 0.3) is 0 Å². The molecule has 2 saturated carbocycles. The smallest absolute Gasteiger partial charge is 0.309 e. The summed E-state index contributed by atoms with van der Waals surface area (Å²) in [5.74, 6) is -0.746. The second-order valence-corrected chi connectivity index (χ2v) is 17.5. The average molecular weight is 733 g/mol. The van der Waals surface area contributed by atoms with E-state index < -0.39 is 5.41 Å². The van der Waals surface area contributed by atoms with Crippen LogP contribution in [0.4, 0.5) is 0 Å². The van der Waals surface area contributed by atoms with Crippen LogP contribution in [0.3, 0.4) is 0 Å². The molecule has 0 aromatic carbocycles. The van der Waals surface area contributed by atoms with Crippen LogP contribution in [0.25, 0.3) is 0 Å². The number of ether oxygens (including phenoxy) is 6. The molecule has 2 aliphatic heterocycles. The lowest BCUT2D eigenvalue weighted by Gasteiger charge is -2.27. The van der Waals surface area contributed by atoms with E-state index in [-0.39, 0.29) is 118 Å². The zero-order chi connectivity index (χ0) is 36.2. The van der Waals surface area contributed by atoms with Gasteiger partial charge in [0.05, 0.1) is 73.5 Å². The predicted molar refractivity (Wildman–Crippen MR) is 199 cm³/mol. The molecule has 6 rings (SSSR count). The van der Waals surface area contributed by atoms with Crippen LogP contribution in [-0.2, 0) is 47.6 Å². The van der Waals surface area contributed by atoms with Gasteiger partial charge in [-0.15, -0.1) is 0 Å². The van der Waals surface area contributed by atoms with Gasteiger partial charge in [-0.25, -0.2) is 0 Å². The zero-order valence-electron chi connectivity index (χ0n) is 31.2. The van der Waals surface area contributed by atoms with E-state index in [4.69, 9.17) is 28.4 Å². The third-order valence-corrected chi connectivity index (χ3v) is 11.3. The van der Waals surface area contributed by atoms with E-state index in [9.17, 15) is 19.2 Å². The molecule has 2 saturated heterocycles. The maximum atomic E-state index is 12.4. The minimum Gasteiger partial charge on any atom is -0.465 e. The Kier molecular flexibility index (Phi) is 15.2. The third-order valence-electron chi connectivity index (χ3n) is 11.3. The molecule has 4 aliphatic carbocycles. The summed E-state index contributed by atoms with van der Waals surface area (Å²) in [6.45, 7) is 13.1. The second kappa shape index (κ2) is 18.1. The number of rotatable bonds is 12. The van der Waals surface area contributed by atoms with E-state index in [0.29, 0.717) is 0 Å². The summed E-state index contributed by atoms with van der Waals surface area (Å²) >= 11 is 0. The van der Waals surface area contributed by atoms with Crippen molar-refractivity contribution in [2.24, 2.45) is 34.5 Å². The van der Waals surface area contributed by atoms with Crippen LogP contribution in [0.5, 0.6) is 0 Å². The number of epoxide rings is 2. The van der Waals surface area contributed by atoms with Crippen LogP contribution < -0.4 is 0 Å². The van der Waals surface area contributed by atoms with Gasteiger partial charge in [0, 0.05) is 10.8 Å². The van der Waals surface area contributed by atoms with Crippen molar-refractivity contribution >= 4 is 23.9 Å². The molecule has 6 aliphatic rings. The van der Waals surface area contributed by atoms with E-state index in [2.05, 4.69) is 26.0 Å². The predicted octanol–water partition coefficient (Wildman–Crippen LogP) is 8.10. The fourth-order valence-electron chi connectivity index (χ4n) is 7.35. The molecular formula is C42H68O10. The summed E-state index contributed by atoms with van der Waals surface area (Å²) in [7, 11) is 0. The second-order valence-electron chi connectivity index (χ2n) is 17.5. The van der Waals surface area contributed by atoms with Gasteiger partial charge in [-0.1, -0.05) is 66.9 Å². The van der Waals surface area contributed by atoms with Crippen molar-refractivity contribution in [3.05, 3.63) is 24.3 Å². The third kappa shape index (κ3) is 12.2. The molecule has 0 spiro atoms. The molecule has 0 amide bonds. The first-order valence-corrected chi connectivity index (χ1v) is 18.9. The van der Waals surface area contributed by atoms with Crippen molar-refractivity contribution in [3.63, 3.8) is 0 Å². The van der Waals surface area contributed by atoms with Gasteiger partial charge in [0.1, 0.15) is 0 Å². The van der Waals surface area contributed by atoms with Crippen molar-refractivity contribution < 1.29 is 47.6 Å². The molecule has 8 atom stereocenters. The Hall–Kier alpha value is -2.72. The van der Waals surface area contributed by atoms with E-state index in [0.717, 1.165) is 77.0 Å². The molecule has 0 bridgehead atoms. The van der Waals surface area contributed by atoms with Gasteiger partial charge < -0.3 is 28.4 Å². The molecule has 8 unspecified atom stereocenters. The minimum absolute atomic E-state index is 0. The van der Waals surface area contributed by atoms with Gasteiger partial charge in [0.2, 0.25) is 0 Å². The normalized spacial score (nSPS) is 32.8. The number of hydrogen-bond acceptors (Lipinski definition) is 10. The molecule has 296 valence electrons. The molecule has 2 heterocycles. The number of carbonyl (C=O) groups is 4. The summed E-state index contributed by atoms with van der Waals surface area (Å²) in [6.07, 6.45) is 18.9. The largest absolute Gasteiger partial charge is 0.465 e. The Labute approximate surface area is 313 Å². The van der Waals surface area contributed by atoms with Gasteiger partial charge in [-0.2, -0.15) is 0 Å². The van der Waals surface area contributed by atoms with Crippen LogP contribution in [0.1, 0.15) is 133 Å². The monoisotopic (exact) mass is 732 g/mol. The average Bonchev–Trinajstić information content (AvgIpc) is 4.00. The first kappa shape index (κ1) is 43.7. The van der Waals surface area contributed by atoms with Crippen LogP contribution in [0, 0.1) is 34.5 Å².